The van der Waals surface area contributed by atoms with E-state index in [1.54, 1.807) is 30.6 Å². The predicted octanol–water partition coefficient (Wildman–Crippen LogP) is 3.11. The van der Waals surface area contributed by atoms with E-state index in [1.807, 2.05) is 24.4 Å². The molecule has 0 spiro atoms. The second-order valence-electron chi connectivity index (χ2n) is 5.13. The van der Waals surface area contributed by atoms with Crippen molar-refractivity contribution in [1.29, 1.82) is 0 Å². The van der Waals surface area contributed by atoms with Gasteiger partial charge in [0.1, 0.15) is 26.7 Å². The number of aryl methyl sites for hydroxylation is 2. The van der Waals surface area contributed by atoms with Crippen molar-refractivity contribution in [3.8, 4) is 10.7 Å². The lowest BCUT2D eigenvalue weighted by molar-refractivity contribution is 0.101. The molecule has 4 aromatic heterocycles. The van der Waals surface area contributed by atoms with Crippen molar-refractivity contribution >= 4 is 44.1 Å². The smallest absolute Gasteiger partial charge is 0.275 e. The van der Waals surface area contributed by atoms with Crippen LogP contribution in [0.1, 0.15) is 16.2 Å². The van der Waals surface area contributed by atoms with E-state index in [4.69, 9.17) is 0 Å². The van der Waals surface area contributed by atoms with Gasteiger partial charge in [0, 0.05) is 24.3 Å². The van der Waals surface area contributed by atoms with Crippen LogP contribution in [0.5, 0.6) is 0 Å². The Hall–Kier alpha value is -2.65. The van der Waals surface area contributed by atoms with Crippen molar-refractivity contribution in [1.82, 2.24) is 24.7 Å². The highest BCUT2D eigenvalue weighted by Crippen LogP contribution is 2.29. The van der Waals surface area contributed by atoms with Crippen molar-refractivity contribution in [2.24, 2.45) is 7.05 Å². The van der Waals surface area contributed by atoms with Gasteiger partial charge in [0.05, 0.1) is 0 Å². The van der Waals surface area contributed by atoms with Gasteiger partial charge in [-0.15, -0.1) is 11.3 Å². The molecule has 4 aromatic rings. The molecule has 0 bridgehead atoms. The van der Waals surface area contributed by atoms with E-state index in [9.17, 15) is 4.79 Å². The van der Waals surface area contributed by atoms with Gasteiger partial charge < -0.3 is 0 Å². The third-order valence-electron chi connectivity index (χ3n) is 3.37. The van der Waals surface area contributed by atoms with E-state index in [0.717, 1.165) is 26.7 Å². The van der Waals surface area contributed by atoms with Crippen molar-refractivity contribution in [3.63, 3.8) is 0 Å². The van der Waals surface area contributed by atoms with Crippen LogP contribution in [-0.2, 0) is 7.05 Å². The topological polar surface area (TPSA) is 85.6 Å². The summed E-state index contributed by atoms with van der Waals surface area (Å²) < 4.78 is 1.52. The molecule has 1 N–H and O–H groups in total. The van der Waals surface area contributed by atoms with Gasteiger partial charge >= 0.3 is 0 Å². The summed E-state index contributed by atoms with van der Waals surface area (Å²) in [6, 6.07) is 5.45. The molecular weight excluding hydrogens is 344 g/mol. The van der Waals surface area contributed by atoms with E-state index in [0.29, 0.717) is 10.8 Å². The molecule has 7 nitrogen and oxygen atoms in total. The molecule has 1 amide bonds. The van der Waals surface area contributed by atoms with Gasteiger partial charge in [-0.05, 0) is 25.1 Å². The molecule has 0 atom stereocenters. The van der Waals surface area contributed by atoms with Crippen molar-refractivity contribution < 1.29 is 4.79 Å². The molecule has 0 aliphatic carbocycles. The fraction of sp³-hybridized carbons (Fsp3) is 0.133. The quantitative estimate of drug-likeness (QED) is 0.609. The molecule has 4 rings (SSSR count). The lowest BCUT2D eigenvalue weighted by atomic mass is 10.3. The molecule has 0 saturated carbocycles. The minimum absolute atomic E-state index is 0.246. The van der Waals surface area contributed by atoms with Gasteiger partial charge in [-0.1, -0.05) is 11.3 Å². The summed E-state index contributed by atoms with van der Waals surface area (Å²) in [5, 5.41) is 10.2. The van der Waals surface area contributed by atoms with E-state index >= 15 is 0 Å². The number of carbonyl (C=O) groups excluding carboxylic acids is 1. The number of fused-ring (bicyclic) bond motifs is 1. The number of nitrogens with one attached hydrogen (secondary N) is 1. The number of hydrogen-bond acceptors (Lipinski definition) is 7. The monoisotopic (exact) mass is 356 g/mol. The Kier molecular flexibility index (Phi) is 3.58. The third kappa shape index (κ3) is 2.68. The van der Waals surface area contributed by atoms with E-state index in [1.165, 1.54) is 16.0 Å². The molecule has 0 aliphatic rings. The summed E-state index contributed by atoms with van der Waals surface area (Å²) in [5.74, 6) is -0.246. The van der Waals surface area contributed by atoms with Gasteiger partial charge in [0.15, 0.2) is 5.13 Å². The maximum absolute atomic E-state index is 12.2. The van der Waals surface area contributed by atoms with E-state index < -0.39 is 0 Å². The van der Waals surface area contributed by atoms with Gasteiger partial charge in [0.25, 0.3) is 5.91 Å². The molecule has 0 saturated heterocycles. The number of amides is 1. The summed E-state index contributed by atoms with van der Waals surface area (Å²) in [7, 11) is 1.72. The Bertz CT molecular complexity index is 1050. The number of carbonyl (C=O) groups is 1. The molecule has 0 aromatic carbocycles. The molecule has 0 aliphatic heterocycles. The maximum Gasteiger partial charge on any atom is 0.275 e. The first-order valence-electron chi connectivity index (χ1n) is 7.09. The van der Waals surface area contributed by atoms with Crippen LogP contribution in [0.2, 0.25) is 0 Å². The first-order valence-corrected chi connectivity index (χ1v) is 8.79. The normalized spacial score (nSPS) is 11.1. The van der Waals surface area contributed by atoms with Crippen LogP contribution in [0.15, 0.2) is 29.8 Å². The molecular formula is C15H12N6OS2. The fourth-order valence-electron chi connectivity index (χ4n) is 2.22. The molecule has 120 valence electrons. The zero-order valence-corrected chi connectivity index (χ0v) is 14.5. The van der Waals surface area contributed by atoms with Crippen molar-refractivity contribution in [2.75, 3.05) is 5.32 Å². The highest BCUT2D eigenvalue weighted by Gasteiger charge is 2.14. The minimum Gasteiger partial charge on any atom is -0.296 e. The Balaban J connectivity index is 1.64. The summed E-state index contributed by atoms with van der Waals surface area (Å²) >= 11 is 2.90. The Morgan fingerprint density at radius 1 is 1.21 bits per heavy atom. The SMILES string of the molecule is Cc1csc(-c2ccc3nc(NC(=O)c4ccnn4C)sc3n2)n1. The first-order chi connectivity index (χ1) is 11.6. The number of aromatic nitrogens is 5. The van der Waals surface area contributed by atoms with E-state index in [2.05, 4.69) is 25.4 Å². The average molecular weight is 356 g/mol. The highest BCUT2D eigenvalue weighted by atomic mass is 32.1. The summed E-state index contributed by atoms with van der Waals surface area (Å²) in [4.78, 5) is 26.5. The Morgan fingerprint density at radius 3 is 2.79 bits per heavy atom. The van der Waals surface area contributed by atoms with Gasteiger partial charge in [-0.25, -0.2) is 15.0 Å². The number of anilines is 1. The zero-order valence-electron chi connectivity index (χ0n) is 12.8. The number of pyridine rings is 1. The summed E-state index contributed by atoms with van der Waals surface area (Å²) in [5.41, 5.74) is 3.01. The molecule has 9 heteroatoms. The van der Waals surface area contributed by atoms with Crippen LogP contribution in [0.4, 0.5) is 5.13 Å². The predicted molar refractivity (Wildman–Crippen MR) is 94.4 cm³/mol. The number of thiazole rings is 2. The standard InChI is InChI=1S/C15H12N6OS2/c1-8-7-23-13(17-8)9-3-4-10-14(18-9)24-15(19-10)20-12(22)11-5-6-16-21(11)2/h3-7H,1-2H3,(H,19,20,22). The van der Waals surface area contributed by atoms with Crippen molar-refractivity contribution in [3.05, 3.63) is 41.2 Å². The van der Waals surface area contributed by atoms with Crippen LogP contribution in [0, 0.1) is 6.92 Å². The average Bonchev–Trinajstić information content (AvgIpc) is 3.25. The molecule has 0 unspecified atom stereocenters. The highest BCUT2D eigenvalue weighted by molar-refractivity contribution is 7.22. The summed E-state index contributed by atoms with van der Waals surface area (Å²) in [6.07, 6.45) is 1.58. The first kappa shape index (κ1) is 14.9. The molecule has 24 heavy (non-hydrogen) atoms. The van der Waals surface area contributed by atoms with Gasteiger partial charge in [-0.2, -0.15) is 5.10 Å². The van der Waals surface area contributed by atoms with E-state index in [-0.39, 0.29) is 5.91 Å². The fourth-order valence-corrected chi connectivity index (χ4v) is 3.82. The number of rotatable bonds is 3. The number of nitrogens with zero attached hydrogens (tertiary/aromatic N) is 5. The lowest BCUT2D eigenvalue weighted by Gasteiger charge is -2.00. The number of hydrogen-bond donors (Lipinski definition) is 1. The Labute approximate surface area is 145 Å². The second-order valence-corrected chi connectivity index (χ2v) is 6.96. The maximum atomic E-state index is 12.2. The third-order valence-corrected chi connectivity index (χ3v) is 5.23. The minimum atomic E-state index is -0.246. The van der Waals surface area contributed by atoms with Gasteiger partial charge in [0.2, 0.25) is 0 Å². The Morgan fingerprint density at radius 2 is 2.08 bits per heavy atom. The van der Waals surface area contributed by atoms with Crippen LogP contribution < -0.4 is 5.32 Å². The van der Waals surface area contributed by atoms with Crippen molar-refractivity contribution in [2.45, 2.75) is 6.92 Å². The molecule has 0 fully saturated rings. The van der Waals surface area contributed by atoms with Crippen LogP contribution in [-0.4, -0.2) is 30.6 Å². The lowest BCUT2D eigenvalue weighted by Crippen LogP contribution is -2.15. The largest absolute Gasteiger partial charge is 0.296 e. The van der Waals surface area contributed by atoms with Crippen LogP contribution in [0.25, 0.3) is 21.0 Å². The molecule has 0 radical (unpaired) electrons. The van der Waals surface area contributed by atoms with Gasteiger partial charge in [-0.3, -0.25) is 14.8 Å². The summed E-state index contributed by atoms with van der Waals surface area (Å²) in [6.45, 7) is 1.96. The van der Waals surface area contributed by atoms with Crippen LogP contribution >= 0.6 is 22.7 Å². The molecule has 4 heterocycles. The second kappa shape index (κ2) is 5.77. The zero-order chi connectivity index (χ0) is 16.7. The van der Waals surface area contributed by atoms with Crippen LogP contribution in [0.3, 0.4) is 0 Å².